The largest absolute Gasteiger partial charge is 0.472 e. The summed E-state index contributed by atoms with van der Waals surface area (Å²) in [5.74, 6) is -1.12. The molecular weight excluding hydrogens is 840 g/mol. The zero-order valence-electron chi connectivity index (χ0n) is 39.8. The summed E-state index contributed by atoms with van der Waals surface area (Å²) in [6.45, 7) is 3.28. The monoisotopic (exact) mass is 931 g/mol. The highest BCUT2D eigenvalue weighted by Crippen LogP contribution is 2.47. The van der Waals surface area contributed by atoms with Gasteiger partial charge < -0.3 is 39.9 Å². The van der Waals surface area contributed by atoms with E-state index in [1.165, 1.54) is 103 Å². The second-order valence-electron chi connectivity index (χ2n) is 17.7. The van der Waals surface area contributed by atoms with Crippen molar-refractivity contribution in [3.63, 3.8) is 0 Å². The maximum atomic E-state index is 12.8. The van der Waals surface area contributed by atoms with Gasteiger partial charge in [0, 0.05) is 12.8 Å². The molecule has 8 atom stereocenters. The molecule has 374 valence electrons. The minimum absolute atomic E-state index is 0.0950. The third-order valence-electron chi connectivity index (χ3n) is 11.7. The first-order chi connectivity index (χ1) is 30.9. The first-order valence-electron chi connectivity index (χ1n) is 25.3. The number of rotatable bonds is 42. The van der Waals surface area contributed by atoms with Crippen LogP contribution in [0.4, 0.5) is 0 Å². The standard InChI is InChI=1S/C50H91O13P/c1-3-5-7-9-11-13-15-17-19-21-23-25-27-29-31-33-35-37-39-44(52)62-42(41-61-64(58,59)63-50-48(56)46(54)45(53)47(55)49(50)57)40-60-43(51)38-36-34-32-30-28-26-24-22-20-18-16-14-12-10-8-6-4-2/h12,14,18,20,24,26,42,45-50,53-57H,3-11,13,15-17,19,21-23,25,27-41H2,1-2H3,(H,58,59)/b14-12+,20-18+,26-24+/t42-,45?,46+,47?,48?,49?,50?/m1/s1. The molecule has 14 heteroatoms. The molecule has 0 bridgehead atoms. The SMILES string of the molecule is CCCCC/C=C/C/C=C/C/C=C/CCCCCCC(=O)OC[C@H](COP(=O)(O)OC1C(O)C(O)C(O)[C@H](O)C1O)OC(=O)CCCCCCCCCCCCCCCCCCCC. The van der Waals surface area contributed by atoms with Crippen molar-refractivity contribution in [2.45, 2.75) is 256 Å². The molecule has 13 nitrogen and oxygen atoms in total. The van der Waals surface area contributed by atoms with Gasteiger partial charge in [-0.05, 0) is 51.4 Å². The van der Waals surface area contributed by atoms with Crippen LogP contribution in [-0.4, -0.2) is 98.3 Å². The van der Waals surface area contributed by atoms with Gasteiger partial charge in [0.2, 0.25) is 0 Å². The Balaban J connectivity index is 2.42. The molecule has 64 heavy (non-hydrogen) atoms. The average molecular weight is 931 g/mol. The van der Waals surface area contributed by atoms with Gasteiger partial charge in [-0.15, -0.1) is 0 Å². The van der Waals surface area contributed by atoms with Gasteiger partial charge in [-0.25, -0.2) is 4.57 Å². The number of phosphoric acid groups is 1. The fourth-order valence-electron chi connectivity index (χ4n) is 7.65. The van der Waals surface area contributed by atoms with Crippen LogP contribution in [0.1, 0.15) is 213 Å². The Morgan fingerprint density at radius 2 is 0.844 bits per heavy atom. The first kappa shape index (κ1) is 60.1. The molecule has 6 unspecified atom stereocenters. The second-order valence-corrected chi connectivity index (χ2v) is 19.1. The fourth-order valence-corrected chi connectivity index (χ4v) is 8.62. The molecule has 0 aromatic heterocycles. The van der Waals surface area contributed by atoms with E-state index in [2.05, 4.69) is 50.3 Å². The van der Waals surface area contributed by atoms with Gasteiger partial charge >= 0.3 is 19.8 Å². The van der Waals surface area contributed by atoms with Crippen LogP contribution in [0.3, 0.4) is 0 Å². The van der Waals surface area contributed by atoms with Crippen LogP contribution in [0.2, 0.25) is 0 Å². The fraction of sp³-hybridized carbons (Fsp3) is 0.840. The number of aliphatic hydroxyl groups excluding tert-OH is 5. The molecule has 0 aromatic rings. The van der Waals surface area contributed by atoms with E-state index in [4.69, 9.17) is 18.5 Å². The number of hydrogen-bond donors (Lipinski definition) is 6. The van der Waals surface area contributed by atoms with Crippen molar-refractivity contribution >= 4 is 19.8 Å². The molecule has 0 amide bonds. The van der Waals surface area contributed by atoms with Gasteiger partial charge in [0.05, 0.1) is 6.61 Å². The van der Waals surface area contributed by atoms with E-state index in [0.717, 1.165) is 70.6 Å². The van der Waals surface area contributed by atoms with E-state index in [-0.39, 0.29) is 12.8 Å². The highest BCUT2D eigenvalue weighted by Gasteiger charge is 2.51. The Morgan fingerprint density at radius 3 is 1.31 bits per heavy atom. The maximum absolute atomic E-state index is 12.8. The van der Waals surface area contributed by atoms with Crippen molar-refractivity contribution in [2.24, 2.45) is 0 Å². The Kier molecular flexibility index (Phi) is 37.7. The molecule has 0 spiro atoms. The van der Waals surface area contributed by atoms with Gasteiger partial charge in [0.1, 0.15) is 43.2 Å². The molecule has 1 aliphatic rings. The van der Waals surface area contributed by atoms with Crippen LogP contribution >= 0.6 is 7.82 Å². The van der Waals surface area contributed by atoms with Crippen LogP contribution < -0.4 is 0 Å². The minimum Gasteiger partial charge on any atom is -0.462 e. The normalized spacial score (nSPS) is 21.8. The summed E-state index contributed by atoms with van der Waals surface area (Å²) in [5.41, 5.74) is 0. The number of allylic oxidation sites excluding steroid dienone is 6. The first-order valence-corrected chi connectivity index (χ1v) is 26.8. The summed E-state index contributed by atoms with van der Waals surface area (Å²) in [6.07, 6.45) is 33.3. The molecule has 1 rings (SSSR count). The van der Waals surface area contributed by atoms with Crippen molar-refractivity contribution < 1.29 is 63.1 Å². The summed E-state index contributed by atoms with van der Waals surface area (Å²) in [5, 5.41) is 50.2. The van der Waals surface area contributed by atoms with Crippen LogP contribution in [0.5, 0.6) is 0 Å². The van der Waals surface area contributed by atoms with Gasteiger partial charge in [0.25, 0.3) is 0 Å². The van der Waals surface area contributed by atoms with Crippen molar-refractivity contribution in [3.05, 3.63) is 36.5 Å². The van der Waals surface area contributed by atoms with E-state index < -0.39 is 75.7 Å². The maximum Gasteiger partial charge on any atom is 0.472 e. The number of aliphatic hydroxyl groups is 5. The molecule has 1 saturated carbocycles. The van der Waals surface area contributed by atoms with E-state index in [9.17, 15) is 44.6 Å². The third kappa shape index (κ3) is 31.9. The predicted molar refractivity (Wildman–Crippen MR) is 253 cm³/mol. The number of ether oxygens (including phenoxy) is 2. The van der Waals surface area contributed by atoms with Gasteiger partial charge in [-0.3, -0.25) is 18.6 Å². The van der Waals surface area contributed by atoms with Crippen LogP contribution in [0.15, 0.2) is 36.5 Å². The number of esters is 2. The molecular formula is C50H91O13P. The summed E-state index contributed by atoms with van der Waals surface area (Å²) < 4.78 is 33.6. The number of carbonyl (C=O) groups excluding carboxylic acids is 2. The topological polar surface area (TPSA) is 210 Å². The highest BCUT2D eigenvalue weighted by molar-refractivity contribution is 7.47. The quantitative estimate of drug-likeness (QED) is 0.0146. The lowest BCUT2D eigenvalue weighted by molar-refractivity contribution is -0.220. The van der Waals surface area contributed by atoms with Gasteiger partial charge in [0.15, 0.2) is 6.10 Å². The Morgan fingerprint density at radius 1 is 0.484 bits per heavy atom. The molecule has 0 aromatic carbocycles. The molecule has 0 aliphatic heterocycles. The summed E-state index contributed by atoms with van der Waals surface area (Å²) in [4.78, 5) is 35.8. The van der Waals surface area contributed by atoms with E-state index >= 15 is 0 Å². The smallest absolute Gasteiger partial charge is 0.462 e. The number of carbonyl (C=O) groups is 2. The van der Waals surface area contributed by atoms with Crippen LogP contribution in [0.25, 0.3) is 0 Å². The van der Waals surface area contributed by atoms with E-state index in [1.54, 1.807) is 0 Å². The Bertz CT molecular complexity index is 1260. The average Bonchev–Trinajstić information content (AvgIpc) is 3.28. The van der Waals surface area contributed by atoms with Gasteiger partial charge in [-0.2, -0.15) is 0 Å². The van der Waals surface area contributed by atoms with Gasteiger partial charge in [-0.1, -0.05) is 185 Å². The van der Waals surface area contributed by atoms with Crippen LogP contribution in [-0.2, 0) is 32.7 Å². The molecule has 0 radical (unpaired) electrons. The van der Waals surface area contributed by atoms with Crippen molar-refractivity contribution in [1.29, 1.82) is 0 Å². The molecule has 1 fully saturated rings. The minimum atomic E-state index is -5.12. The number of hydrogen-bond acceptors (Lipinski definition) is 12. The van der Waals surface area contributed by atoms with Crippen molar-refractivity contribution in [2.75, 3.05) is 13.2 Å². The molecule has 6 N–H and O–H groups in total. The second kappa shape index (κ2) is 40.2. The lowest BCUT2D eigenvalue weighted by atomic mass is 9.85. The van der Waals surface area contributed by atoms with Crippen molar-refractivity contribution in [3.8, 4) is 0 Å². The molecule has 1 aliphatic carbocycles. The Labute approximate surface area is 387 Å². The Hall–Kier alpha value is -1.93. The lowest BCUT2D eigenvalue weighted by Crippen LogP contribution is -2.64. The molecule has 0 heterocycles. The predicted octanol–water partition coefficient (Wildman–Crippen LogP) is 10.6. The zero-order chi connectivity index (χ0) is 47.1. The van der Waals surface area contributed by atoms with E-state index in [1.807, 2.05) is 0 Å². The number of unbranched alkanes of at least 4 members (excludes halogenated alkanes) is 24. The zero-order valence-corrected chi connectivity index (χ0v) is 40.7. The molecule has 0 saturated heterocycles. The lowest BCUT2D eigenvalue weighted by Gasteiger charge is -2.41. The van der Waals surface area contributed by atoms with Crippen molar-refractivity contribution in [1.82, 2.24) is 0 Å². The highest BCUT2D eigenvalue weighted by atomic mass is 31.2. The number of phosphoric ester groups is 1. The van der Waals surface area contributed by atoms with Crippen LogP contribution in [0, 0.1) is 0 Å². The summed E-state index contributed by atoms with van der Waals surface area (Å²) >= 11 is 0. The third-order valence-corrected chi connectivity index (χ3v) is 12.7. The summed E-state index contributed by atoms with van der Waals surface area (Å²) in [7, 11) is -5.12. The summed E-state index contributed by atoms with van der Waals surface area (Å²) in [6, 6.07) is 0. The van der Waals surface area contributed by atoms with E-state index in [0.29, 0.717) is 12.8 Å².